The Morgan fingerprint density at radius 1 is 1.04 bits per heavy atom. The van der Waals surface area contributed by atoms with E-state index in [0.29, 0.717) is 34.7 Å². The van der Waals surface area contributed by atoms with Crippen molar-refractivity contribution in [3.8, 4) is 17.1 Å². The second-order valence-electron chi connectivity index (χ2n) is 7.26. The highest BCUT2D eigenvalue weighted by Crippen LogP contribution is 2.34. The van der Waals surface area contributed by atoms with Crippen LogP contribution >= 0.6 is 0 Å². The molecule has 0 spiro atoms. The molecular weight excluding hydrogens is 357 g/mol. The minimum atomic E-state index is -0.347. The summed E-state index contributed by atoms with van der Waals surface area (Å²) in [7, 11) is 0. The molecule has 0 radical (unpaired) electrons. The average Bonchev–Trinajstić information content (AvgIpc) is 2.72. The van der Waals surface area contributed by atoms with Gasteiger partial charge in [0.05, 0.1) is 17.7 Å². The van der Waals surface area contributed by atoms with Gasteiger partial charge in [0, 0.05) is 18.0 Å². The van der Waals surface area contributed by atoms with Crippen LogP contribution in [0.25, 0.3) is 22.3 Å². The second kappa shape index (κ2) is 8.10. The maximum absolute atomic E-state index is 14.0. The Balaban J connectivity index is 1.91. The predicted molar refractivity (Wildman–Crippen MR) is 108 cm³/mol. The van der Waals surface area contributed by atoms with Crippen LogP contribution in [0.4, 0.5) is 10.2 Å². The molecule has 0 amide bonds. The Morgan fingerprint density at radius 3 is 2.57 bits per heavy atom. The van der Waals surface area contributed by atoms with E-state index in [0.717, 1.165) is 25.7 Å². The molecule has 1 fully saturated rings. The summed E-state index contributed by atoms with van der Waals surface area (Å²) < 4.78 is 14.0. The zero-order valence-corrected chi connectivity index (χ0v) is 15.7. The fourth-order valence-corrected chi connectivity index (χ4v) is 4.05. The summed E-state index contributed by atoms with van der Waals surface area (Å²) in [5.41, 5.74) is 1.14. The van der Waals surface area contributed by atoms with Crippen LogP contribution < -0.4 is 4.90 Å². The molecule has 3 aromatic rings. The first-order valence-corrected chi connectivity index (χ1v) is 9.80. The van der Waals surface area contributed by atoms with Crippen LogP contribution in [0.2, 0.25) is 0 Å². The van der Waals surface area contributed by atoms with Crippen molar-refractivity contribution in [2.45, 2.75) is 38.1 Å². The lowest BCUT2D eigenvalue weighted by molar-refractivity contribution is 0.289. The summed E-state index contributed by atoms with van der Waals surface area (Å²) in [6.07, 6.45) is 5.53. The maximum atomic E-state index is 14.0. The van der Waals surface area contributed by atoms with Gasteiger partial charge in [0.25, 0.3) is 0 Å². The van der Waals surface area contributed by atoms with Gasteiger partial charge >= 0.3 is 0 Å². The fraction of sp³-hybridized carbons (Fsp3) is 0.364. The van der Waals surface area contributed by atoms with E-state index in [9.17, 15) is 14.6 Å². The smallest absolute Gasteiger partial charge is 0.165 e. The third kappa shape index (κ3) is 3.64. The van der Waals surface area contributed by atoms with Gasteiger partial charge in [0.2, 0.25) is 0 Å². The number of para-hydroxylation sites is 1. The maximum Gasteiger partial charge on any atom is 0.165 e. The number of benzene rings is 2. The van der Waals surface area contributed by atoms with Crippen molar-refractivity contribution in [1.29, 1.82) is 0 Å². The van der Waals surface area contributed by atoms with Gasteiger partial charge in [-0.25, -0.2) is 14.4 Å². The van der Waals surface area contributed by atoms with E-state index in [1.807, 2.05) is 6.07 Å². The second-order valence-corrected chi connectivity index (χ2v) is 7.26. The largest absolute Gasteiger partial charge is 0.507 e. The number of rotatable bonds is 5. The number of halogens is 1. The first-order valence-electron chi connectivity index (χ1n) is 9.80. The standard InChI is InChI=1S/C22H24FN3O2/c23-15-10-11-19-18(14-15)22(26(12-13-27)16-6-2-1-3-7-16)25-21(24-19)17-8-4-5-9-20(17)28/h4-5,8-11,14,16,27-28H,1-3,6-7,12-13H2. The summed E-state index contributed by atoms with van der Waals surface area (Å²) in [6.45, 7) is 0.413. The number of anilines is 1. The van der Waals surface area contributed by atoms with Crippen LogP contribution in [-0.4, -0.2) is 39.4 Å². The lowest BCUT2D eigenvalue weighted by Crippen LogP contribution is -2.39. The molecule has 0 aliphatic heterocycles. The molecule has 0 saturated heterocycles. The normalized spacial score (nSPS) is 15.1. The van der Waals surface area contributed by atoms with Crippen molar-refractivity contribution in [1.82, 2.24) is 9.97 Å². The van der Waals surface area contributed by atoms with E-state index in [2.05, 4.69) is 9.88 Å². The third-order valence-corrected chi connectivity index (χ3v) is 5.41. The van der Waals surface area contributed by atoms with E-state index in [1.165, 1.54) is 18.6 Å². The highest BCUT2D eigenvalue weighted by atomic mass is 19.1. The molecular formula is C22H24FN3O2. The highest BCUT2D eigenvalue weighted by Gasteiger charge is 2.25. The van der Waals surface area contributed by atoms with E-state index < -0.39 is 0 Å². The number of hydrogen-bond donors (Lipinski definition) is 2. The molecule has 6 heteroatoms. The number of aliphatic hydroxyl groups is 1. The van der Waals surface area contributed by atoms with Crippen molar-refractivity contribution in [2.75, 3.05) is 18.1 Å². The van der Waals surface area contributed by atoms with Crippen molar-refractivity contribution in [3.05, 3.63) is 48.3 Å². The summed E-state index contributed by atoms with van der Waals surface area (Å²) in [4.78, 5) is 11.4. The van der Waals surface area contributed by atoms with Crippen LogP contribution in [0.5, 0.6) is 5.75 Å². The molecule has 1 heterocycles. The Morgan fingerprint density at radius 2 is 1.82 bits per heavy atom. The number of phenols is 1. The molecule has 4 rings (SSSR count). The molecule has 0 atom stereocenters. The molecule has 0 bridgehead atoms. The lowest BCUT2D eigenvalue weighted by Gasteiger charge is -2.35. The number of fused-ring (bicyclic) bond motifs is 1. The van der Waals surface area contributed by atoms with E-state index in [1.54, 1.807) is 24.3 Å². The molecule has 2 N–H and O–H groups in total. The quantitative estimate of drug-likeness (QED) is 0.691. The third-order valence-electron chi connectivity index (χ3n) is 5.41. The van der Waals surface area contributed by atoms with Gasteiger partial charge in [0.15, 0.2) is 5.82 Å². The summed E-state index contributed by atoms with van der Waals surface area (Å²) in [5, 5.41) is 20.6. The molecule has 2 aromatic carbocycles. The van der Waals surface area contributed by atoms with Crippen LogP contribution in [0.15, 0.2) is 42.5 Å². The number of aliphatic hydroxyl groups excluding tert-OH is 1. The zero-order valence-electron chi connectivity index (χ0n) is 15.7. The van der Waals surface area contributed by atoms with E-state index in [4.69, 9.17) is 4.98 Å². The summed E-state index contributed by atoms with van der Waals surface area (Å²) in [6, 6.07) is 11.6. The number of nitrogens with zero attached hydrogens (tertiary/aromatic N) is 3. The molecule has 146 valence electrons. The molecule has 1 aromatic heterocycles. The Labute approximate surface area is 163 Å². The number of aromatic hydroxyl groups is 1. The van der Waals surface area contributed by atoms with Gasteiger partial charge in [-0.05, 0) is 43.2 Å². The monoisotopic (exact) mass is 381 g/mol. The van der Waals surface area contributed by atoms with Gasteiger partial charge in [-0.15, -0.1) is 0 Å². The van der Waals surface area contributed by atoms with Gasteiger partial charge < -0.3 is 15.1 Å². The molecule has 1 aliphatic carbocycles. The van der Waals surface area contributed by atoms with Gasteiger partial charge in [-0.1, -0.05) is 31.4 Å². The SMILES string of the molecule is OCCN(c1nc(-c2ccccc2O)nc2ccc(F)cc12)C1CCCCC1. The highest BCUT2D eigenvalue weighted by molar-refractivity contribution is 5.91. The van der Waals surface area contributed by atoms with Crippen molar-refractivity contribution in [3.63, 3.8) is 0 Å². The Hall–Kier alpha value is -2.73. The number of aromatic nitrogens is 2. The fourth-order valence-electron chi connectivity index (χ4n) is 4.05. The summed E-state index contributed by atoms with van der Waals surface area (Å²) in [5.74, 6) is 0.760. The topological polar surface area (TPSA) is 69.5 Å². The van der Waals surface area contributed by atoms with E-state index in [-0.39, 0.29) is 24.2 Å². The first-order chi connectivity index (χ1) is 13.7. The van der Waals surface area contributed by atoms with Gasteiger partial charge in [-0.3, -0.25) is 0 Å². The average molecular weight is 381 g/mol. The number of hydrogen-bond acceptors (Lipinski definition) is 5. The molecule has 5 nitrogen and oxygen atoms in total. The first kappa shape index (κ1) is 18.6. The van der Waals surface area contributed by atoms with Crippen LogP contribution in [0.3, 0.4) is 0 Å². The molecule has 0 unspecified atom stereocenters. The van der Waals surface area contributed by atoms with Crippen LogP contribution in [0, 0.1) is 5.82 Å². The predicted octanol–water partition coefficient (Wildman–Crippen LogP) is 4.27. The summed E-state index contributed by atoms with van der Waals surface area (Å²) >= 11 is 0. The van der Waals surface area contributed by atoms with Gasteiger partial charge in [-0.2, -0.15) is 0 Å². The molecule has 28 heavy (non-hydrogen) atoms. The molecule has 1 aliphatic rings. The minimum absolute atomic E-state index is 0.0107. The minimum Gasteiger partial charge on any atom is -0.507 e. The van der Waals surface area contributed by atoms with Gasteiger partial charge in [0.1, 0.15) is 17.4 Å². The number of phenolic OH excluding ortho intramolecular Hbond substituents is 1. The zero-order chi connectivity index (χ0) is 19.5. The Kier molecular flexibility index (Phi) is 5.39. The van der Waals surface area contributed by atoms with Crippen molar-refractivity contribution < 1.29 is 14.6 Å². The van der Waals surface area contributed by atoms with Crippen LogP contribution in [0.1, 0.15) is 32.1 Å². The van der Waals surface area contributed by atoms with E-state index >= 15 is 0 Å². The van der Waals surface area contributed by atoms with Crippen molar-refractivity contribution in [2.24, 2.45) is 0 Å². The molecule has 1 saturated carbocycles. The Bertz CT molecular complexity index is 973. The lowest BCUT2D eigenvalue weighted by atomic mass is 9.94. The van der Waals surface area contributed by atoms with Crippen LogP contribution in [-0.2, 0) is 0 Å². The van der Waals surface area contributed by atoms with Crippen molar-refractivity contribution >= 4 is 16.7 Å².